The highest BCUT2D eigenvalue weighted by Crippen LogP contribution is 2.35. The first kappa shape index (κ1) is 21.1. The number of ether oxygens (including phenoxy) is 1. The van der Waals surface area contributed by atoms with Crippen molar-refractivity contribution in [1.29, 1.82) is 0 Å². The number of aryl methyl sites for hydroxylation is 3. The normalized spacial score (nSPS) is 13.5. The summed E-state index contributed by atoms with van der Waals surface area (Å²) >= 11 is 0. The van der Waals surface area contributed by atoms with E-state index >= 15 is 0 Å². The van der Waals surface area contributed by atoms with Crippen LogP contribution in [0.4, 0.5) is 0 Å². The number of rotatable bonds is 6. The zero-order chi connectivity index (χ0) is 23.1. The first-order valence-electron chi connectivity index (χ1n) is 11.1. The SMILES string of the molecule is Cc1ccc2c(COC(=O)CCc3nc4ccccc4c(=O)n3C3CC3)cc(=O)oc2c1C. The van der Waals surface area contributed by atoms with Crippen LogP contribution in [0.1, 0.15) is 47.8 Å². The second-order valence-electron chi connectivity index (χ2n) is 8.59. The summed E-state index contributed by atoms with van der Waals surface area (Å²) in [5.41, 5.74) is 3.13. The van der Waals surface area contributed by atoms with E-state index in [-0.39, 0.29) is 24.6 Å². The molecule has 1 aliphatic carbocycles. The molecule has 0 radical (unpaired) electrons. The molecular weight excluding hydrogens is 420 g/mol. The Bertz CT molecular complexity index is 1510. The van der Waals surface area contributed by atoms with E-state index in [4.69, 9.17) is 9.15 Å². The molecule has 7 heteroatoms. The third kappa shape index (κ3) is 4.06. The van der Waals surface area contributed by atoms with Gasteiger partial charge < -0.3 is 9.15 Å². The smallest absolute Gasteiger partial charge is 0.336 e. The quantitative estimate of drug-likeness (QED) is 0.328. The molecule has 168 valence electrons. The molecule has 0 unspecified atom stereocenters. The summed E-state index contributed by atoms with van der Waals surface area (Å²) in [5.74, 6) is 0.194. The molecule has 0 spiro atoms. The van der Waals surface area contributed by atoms with E-state index in [0.717, 1.165) is 29.4 Å². The topological polar surface area (TPSA) is 91.4 Å². The van der Waals surface area contributed by atoms with Crippen LogP contribution in [0.3, 0.4) is 0 Å². The Morgan fingerprint density at radius 2 is 1.91 bits per heavy atom. The van der Waals surface area contributed by atoms with Gasteiger partial charge in [-0.2, -0.15) is 0 Å². The molecule has 2 aromatic carbocycles. The Balaban J connectivity index is 1.34. The summed E-state index contributed by atoms with van der Waals surface area (Å²) in [6.45, 7) is 3.82. The van der Waals surface area contributed by atoms with E-state index in [9.17, 15) is 14.4 Å². The van der Waals surface area contributed by atoms with Crippen molar-refractivity contribution < 1.29 is 13.9 Å². The maximum absolute atomic E-state index is 13.0. The van der Waals surface area contributed by atoms with Crippen LogP contribution in [0.15, 0.2) is 56.5 Å². The number of para-hydroxylation sites is 1. The molecule has 1 saturated carbocycles. The molecule has 1 fully saturated rings. The van der Waals surface area contributed by atoms with Crippen molar-refractivity contribution in [1.82, 2.24) is 9.55 Å². The van der Waals surface area contributed by atoms with Gasteiger partial charge in [-0.25, -0.2) is 9.78 Å². The van der Waals surface area contributed by atoms with Crippen molar-refractivity contribution in [2.75, 3.05) is 0 Å². The number of hydrogen-bond acceptors (Lipinski definition) is 6. The molecule has 1 aliphatic rings. The number of fused-ring (bicyclic) bond motifs is 2. The number of nitrogens with zero attached hydrogens (tertiary/aromatic N) is 2. The molecule has 5 rings (SSSR count). The van der Waals surface area contributed by atoms with Crippen LogP contribution >= 0.6 is 0 Å². The highest BCUT2D eigenvalue weighted by Gasteiger charge is 2.28. The standard InChI is InChI=1S/C26H24N2O5/c1-15-7-10-19-17(13-24(30)33-25(19)16(15)2)14-32-23(29)12-11-22-27-21-6-4-3-5-20(21)26(31)28(22)18-8-9-18/h3-7,10,13,18H,8-9,11-12,14H2,1-2H3. The summed E-state index contributed by atoms with van der Waals surface area (Å²) in [5, 5.41) is 1.35. The molecule has 2 aromatic heterocycles. The Morgan fingerprint density at radius 1 is 1.12 bits per heavy atom. The van der Waals surface area contributed by atoms with Gasteiger partial charge in [-0.3, -0.25) is 14.2 Å². The average molecular weight is 444 g/mol. The Morgan fingerprint density at radius 3 is 2.70 bits per heavy atom. The second-order valence-corrected chi connectivity index (χ2v) is 8.59. The number of carbonyl (C=O) groups excluding carboxylic acids is 1. The van der Waals surface area contributed by atoms with E-state index < -0.39 is 11.6 Å². The van der Waals surface area contributed by atoms with Crippen LogP contribution in [0.2, 0.25) is 0 Å². The van der Waals surface area contributed by atoms with Gasteiger partial charge in [0.15, 0.2) is 0 Å². The van der Waals surface area contributed by atoms with Crippen LogP contribution in [-0.4, -0.2) is 15.5 Å². The predicted octanol–water partition coefficient (Wildman–Crippen LogP) is 4.13. The summed E-state index contributed by atoms with van der Waals surface area (Å²) in [7, 11) is 0. The van der Waals surface area contributed by atoms with Crippen LogP contribution in [-0.2, 0) is 22.6 Å². The lowest BCUT2D eigenvalue weighted by Gasteiger charge is -2.13. The number of aromatic nitrogens is 2. The van der Waals surface area contributed by atoms with E-state index in [1.165, 1.54) is 6.07 Å². The fraction of sp³-hybridized carbons (Fsp3) is 0.308. The highest BCUT2D eigenvalue weighted by atomic mass is 16.5. The lowest BCUT2D eigenvalue weighted by molar-refractivity contribution is -0.144. The zero-order valence-corrected chi connectivity index (χ0v) is 18.6. The molecular formula is C26H24N2O5. The maximum Gasteiger partial charge on any atom is 0.336 e. The van der Waals surface area contributed by atoms with E-state index in [1.807, 2.05) is 44.2 Å². The van der Waals surface area contributed by atoms with Crippen LogP contribution in [0.25, 0.3) is 21.9 Å². The van der Waals surface area contributed by atoms with Crippen molar-refractivity contribution in [3.63, 3.8) is 0 Å². The van der Waals surface area contributed by atoms with Gasteiger partial charge >= 0.3 is 11.6 Å². The first-order chi connectivity index (χ1) is 15.9. The van der Waals surface area contributed by atoms with E-state index in [1.54, 1.807) is 10.6 Å². The number of hydrogen-bond donors (Lipinski definition) is 0. The lowest BCUT2D eigenvalue weighted by atomic mass is 10.0. The number of benzene rings is 2. The van der Waals surface area contributed by atoms with Crippen molar-refractivity contribution >= 4 is 27.8 Å². The van der Waals surface area contributed by atoms with Crippen LogP contribution < -0.4 is 11.2 Å². The first-order valence-corrected chi connectivity index (χ1v) is 11.1. The van der Waals surface area contributed by atoms with Gasteiger partial charge in [0.2, 0.25) is 0 Å². The number of carbonyl (C=O) groups is 1. The van der Waals surface area contributed by atoms with Gasteiger partial charge in [-0.1, -0.05) is 24.3 Å². The minimum Gasteiger partial charge on any atom is -0.461 e. The van der Waals surface area contributed by atoms with E-state index in [0.29, 0.717) is 34.3 Å². The molecule has 33 heavy (non-hydrogen) atoms. The minimum atomic E-state index is -0.476. The average Bonchev–Trinajstić information content (AvgIpc) is 3.64. The number of esters is 1. The van der Waals surface area contributed by atoms with Gasteiger partial charge in [0, 0.05) is 29.5 Å². The summed E-state index contributed by atoms with van der Waals surface area (Å²) < 4.78 is 12.6. The second kappa shape index (κ2) is 8.31. The van der Waals surface area contributed by atoms with Crippen LogP contribution in [0.5, 0.6) is 0 Å². The Hall–Kier alpha value is -3.74. The predicted molar refractivity (Wildman–Crippen MR) is 124 cm³/mol. The fourth-order valence-corrected chi connectivity index (χ4v) is 4.17. The van der Waals surface area contributed by atoms with Gasteiger partial charge in [-0.15, -0.1) is 0 Å². The molecule has 0 atom stereocenters. The minimum absolute atomic E-state index is 0.0238. The van der Waals surface area contributed by atoms with Crippen molar-refractivity contribution in [2.45, 2.75) is 52.2 Å². The fourth-order valence-electron chi connectivity index (χ4n) is 4.17. The third-order valence-corrected chi connectivity index (χ3v) is 6.25. The molecule has 0 bridgehead atoms. The lowest BCUT2D eigenvalue weighted by Crippen LogP contribution is -2.25. The van der Waals surface area contributed by atoms with Crippen LogP contribution in [0, 0.1) is 13.8 Å². The Kier molecular flexibility index (Phi) is 5.32. The largest absolute Gasteiger partial charge is 0.461 e. The van der Waals surface area contributed by atoms with Crippen molar-refractivity contribution in [3.05, 3.63) is 85.8 Å². The summed E-state index contributed by atoms with van der Waals surface area (Å²) in [4.78, 5) is 42.2. The molecule has 0 saturated heterocycles. The summed E-state index contributed by atoms with van der Waals surface area (Å²) in [6, 6.07) is 12.6. The Labute approximate surface area is 189 Å². The molecule has 0 amide bonds. The van der Waals surface area contributed by atoms with E-state index in [2.05, 4.69) is 4.98 Å². The van der Waals surface area contributed by atoms with Gasteiger partial charge in [0.25, 0.3) is 5.56 Å². The molecule has 7 nitrogen and oxygen atoms in total. The van der Waals surface area contributed by atoms with Crippen molar-refractivity contribution in [2.24, 2.45) is 0 Å². The van der Waals surface area contributed by atoms with Crippen molar-refractivity contribution in [3.8, 4) is 0 Å². The summed E-state index contributed by atoms with van der Waals surface area (Å²) in [6.07, 6.45) is 2.29. The van der Waals surface area contributed by atoms with Gasteiger partial charge in [0.1, 0.15) is 18.0 Å². The molecule has 4 aromatic rings. The monoisotopic (exact) mass is 444 g/mol. The molecule has 2 heterocycles. The zero-order valence-electron chi connectivity index (χ0n) is 18.6. The third-order valence-electron chi connectivity index (χ3n) is 6.25. The van der Waals surface area contributed by atoms with Gasteiger partial charge in [0.05, 0.1) is 17.3 Å². The maximum atomic E-state index is 13.0. The highest BCUT2D eigenvalue weighted by molar-refractivity contribution is 5.84. The molecule has 0 N–H and O–H groups in total. The van der Waals surface area contributed by atoms with Gasteiger partial charge in [-0.05, 0) is 49.9 Å². The molecule has 0 aliphatic heterocycles.